The van der Waals surface area contributed by atoms with Crippen molar-refractivity contribution in [2.45, 2.75) is 19.0 Å². The summed E-state index contributed by atoms with van der Waals surface area (Å²) in [4.78, 5) is 26.4. The molecule has 164 valence electrons. The highest BCUT2D eigenvalue weighted by atomic mass is 32.2. The Labute approximate surface area is 189 Å². The summed E-state index contributed by atoms with van der Waals surface area (Å²) >= 11 is 2.56. The SMILES string of the molecule is CCN(CC)c1ccc(-c2nnc(SCC(=O)Nc3sccc3C(=O)OC)n2C)cc1. The van der Waals surface area contributed by atoms with Gasteiger partial charge in [-0.15, -0.1) is 21.5 Å². The number of nitrogens with one attached hydrogen (secondary N) is 1. The molecule has 10 heteroatoms. The van der Waals surface area contributed by atoms with Gasteiger partial charge in [-0.05, 0) is 49.6 Å². The molecule has 2 aromatic heterocycles. The maximum absolute atomic E-state index is 12.4. The second kappa shape index (κ2) is 10.5. The number of carbonyl (C=O) groups is 2. The lowest BCUT2D eigenvalue weighted by molar-refractivity contribution is -0.113. The number of methoxy groups -OCH3 is 1. The number of ether oxygens (including phenoxy) is 1. The van der Waals surface area contributed by atoms with Crippen LogP contribution in [0.4, 0.5) is 10.7 Å². The van der Waals surface area contributed by atoms with Crippen LogP contribution < -0.4 is 10.2 Å². The Morgan fingerprint density at radius 3 is 2.52 bits per heavy atom. The van der Waals surface area contributed by atoms with E-state index in [1.54, 1.807) is 11.4 Å². The molecule has 1 amide bonds. The number of nitrogens with zero attached hydrogens (tertiary/aromatic N) is 4. The second-order valence-corrected chi connectivity index (χ2v) is 8.43. The fraction of sp³-hybridized carbons (Fsp3) is 0.333. The smallest absolute Gasteiger partial charge is 0.340 e. The molecule has 0 aliphatic rings. The van der Waals surface area contributed by atoms with Gasteiger partial charge < -0.3 is 19.5 Å². The quantitative estimate of drug-likeness (QED) is 0.383. The Balaban J connectivity index is 1.64. The zero-order valence-electron chi connectivity index (χ0n) is 17.9. The summed E-state index contributed by atoms with van der Waals surface area (Å²) in [7, 11) is 3.19. The number of thiophene rings is 1. The minimum absolute atomic E-state index is 0.144. The van der Waals surface area contributed by atoms with E-state index in [0.29, 0.717) is 15.7 Å². The molecule has 31 heavy (non-hydrogen) atoms. The van der Waals surface area contributed by atoms with E-state index in [1.807, 2.05) is 23.7 Å². The molecule has 0 saturated carbocycles. The number of aromatic nitrogens is 3. The maximum Gasteiger partial charge on any atom is 0.340 e. The Morgan fingerprint density at radius 1 is 1.16 bits per heavy atom. The number of hydrogen-bond acceptors (Lipinski definition) is 8. The molecule has 0 aliphatic heterocycles. The second-order valence-electron chi connectivity index (χ2n) is 6.58. The summed E-state index contributed by atoms with van der Waals surface area (Å²) in [5, 5.41) is 14.1. The van der Waals surface area contributed by atoms with Crippen molar-refractivity contribution in [3.05, 3.63) is 41.3 Å². The monoisotopic (exact) mass is 459 g/mol. The first kappa shape index (κ1) is 22.8. The third-order valence-electron chi connectivity index (χ3n) is 4.74. The Hall–Kier alpha value is -2.85. The third-order valence-corrected chi connectivity index (χ3v) is 6.59. The molecule has 0 spiro atoms. The topological polar surface area (TPSA) is 89.3 Å². The Kier molecular flexibility index (Phi) is 7.69. The highest BCUT2D eigenvalue weighted by Crippen LogP contribution is 2.27. The van der Waals surface area contributed by atoms with E-state index < -0.39 is 5.97 Å². The van der Waals surface area contributed by atoms with Crippen LogP contribution in [0.3, 0.4) is 0 Å². The van der Waals surface area contributed by atoms with Gasteiger partial charge in [0.15, 0.2) is 11.0 Å². The molecule has 0 unspecified atom stereocenters. The van der Waals surface area contributed by atoms with Crippen molar-refractivity contribution in [2.24, 2.45) is 7.05 Å². The molecule has 0 bridgehead atoms. The maximum atomic E-state index is 12.4. The van der Waals surface area contributed by atoms with Gasteiger partial charge in [0.05, 0.1) is 18.4 Å². The molecule has 0 atom stereocenters. The summed E-state index contributed by atoms with van der Waals surface area (Å²) in [6.07, 6.45) is 0. The van der Waals surface area contributed by atoms with Crippen LogP contribution in [0.15, 0.2) is 40.9 Å². The molecule has 0 radical (unpaired) electrons. The van der Waals surface area contributed by atoms with Gasteiger partial charge >= 0.3 is 5.97 Å². The molecule has 0 aliphatic carbocycles. The first-order valence-electron chi connectivity index (χ1n) is 9.81. The minimum Gasteiger partial charge on any atom is -0.465 e. The van der Waals surface area contributed by atoms with Crippen LogP contribution in [0, 0.1) is 0 Å². The molecule has 1 N–H and O–H groups in total. The van der Waals surface area contributed by atoms with E-state index in [1.165, 1.54) is 35.9 Å². The number of hydrogen-bond donors (Lipinski definition) is 1. The number of esters is 1. The number of amides is 1. The van der Waals surface area contributed by atoms with Gasteiger partial charge in [-0.1, -0.05) is 11.8 Å². The molecule has 0 fully saturated rings. The van der Waals surface area contributed by atoms with E-state index >= 15 is 0 Å². The predicted octanol–water partition coefficient (Wildman–Crippen LogP) is 3.91. The molecular formula is C21H25N5O3S2. The molecule has 3 rings (SSSR count). The average molecular weight is 460 g/mol. The van der Waals surface area contributed by atoms with E-state index in [-0.39, 0.29) is 11.7 Å². The summed E-state index contributed by atoms with van der Waals surface area (Å²) in [5.74, 6) is 0.172. The van der Waals surface area contributed by atoms with Crippen molar-refractivity contribution in [3.63, 3.8) is 0 Å². The van der Waals surface area contributed by atoms with Crippen molar-refractivity contribution in [1.29, 1.82) is 0 Å². The fourth-order valence-corrected chi connectivity index (χ4v) is 4.57. The average Bonchev–Trinajstić information content (AvgIpc) is 3.39. The highest BCUT2D eigenvalue weighted by Gasteiger charge is 2.17. The van der Waals surface area contributed by atoms with Gasteiger partial charge in [0, 0.05) is 31.4 Å². The van der Waals surface area contributed by atoms with Crippen LogP contribution in [0.25, 0.3) is 11.4 Å². The number of carbonyl (C=O) groups excluding carboxylic acids is 2. The van der Waals surface area contributed by atoms with Crippen molar-refractivity contribution in [3.8, 4) is 11.4 Å². The summed E-state index contributed by atoms with van der Waals surface area (Å²) in [6, 6.07) is 9.85. The van der Waals surface area contributed by atoms with Gasteiger partial charge in [-0.3, -0.25) is 4.79 Å². The third kappa shape index (κ3) is 5.26. The van der Waals surface area contributed by atoms with Crippen molar-refractivity contribution >= 4 is 45.7 Å². The van der Waals surface area contributed by atoms with Crippen LogP contribution in [-0.4, -0.2) is 52.6 Å². The van der Waals surface area contributed by atoms with Gasteiger partial charge in [-0.25, -0.2) is 4.79 Å². The molecule has 1 aromatic carbocycles. The van der Waals surface area contributed by atoms with Crippen molar-refractivity contribution in [1.82, 2.24) is 14.8 Å². The van der Waals surface area contributed by atoms with Crippen LogP contribution in [-0.2, 0) is 16.6 Å². The molecular weight excluding hydrogens is 434 g/mol. The standard InChI is InChI=1S/C21H25N5O3S2/c1-5-26(6-2)15-9-7-14(8-10-15)18-23-24-21(25(18)3)31-13-17(27)22-19-16(11-12-30-19)20(28)29-4/h7-12H,5-6,13H2,1-4H3,(H,22,27). The van der Waals surface area contributed by atoms with Crippen molar-refractivity contribution < 1.29 is 14.3 Å². The van der Waals surface area contributed by atoms with E-state index in [0.717, 1.165) is 24.5 Å². The lowest BCUT2D eigenvalue weighted by atomic mass is 10.2. The zero-order valence-corrected chi connectivity index (χ0v) is 19.5. The van der Waals surface area contributed by atoms with E-state index in [4.69, 9.17) is 4.74 Å². The first-order valence-corrected chi connectivity index (χ1v) is 11.7. The molecule has 3 aromatic rings. The molecule has 8 nitrogen and oxygen atoms in total. The highest BCUT2D eigenvalue weighted by molar-refractivity contribution is 7.99. The largest absolute Gasteiger partial charge is 0.465 e. The van der Waals surface area contributed by atoms with E-state index in [9.17, 15) is 9.59 Å². The van der Waals surface area contributed by atoms with Crippen LogP contribution in [0.5, 0.6) is 0 Å². The van der Waals surface area contributed by atoms with Gasteiger partial charge in [0.1, 0.15) is 5.00 Å². The van der Waals surface area contributed by atoms with Crippen LogP contribution in [0.2, 0.25) is 0 Å². The minimum atomic E-state index is -0.478. The number of rotatable bonds is 9. The first-order chi connectivity index (χ1) is 15.0. The van der Waals surface area contributed by atoms with Crippen molar-refractivity contribution in [2.75, 3.05) is 36.2 Å². The van der Waals surface area contributed by atoms with E-state index in [2.05, 4.69) is 46.4 Å². The fourth-order valence-electron chi connectivity index (χ4n) is 3.07. The lowest BCUT2D eigenvalue weighted by Crippen LogP contribution is -2.21. The number of thioether (sulfide) groups is 1. The van der Waals surface area contributed by atoms with Crippen LogP contribution in [0.1, 0.15) is 24.2 Å². The Bertz CT molecular complexity index is 1040. The summed E-state index contributed by atoms with van der Waals surface area (Å²) < 4.78 is 6.60. The molecule has 0 saturated heterocycles. The summed E-state index contributed by atoms with van der Waals surface area (Å²) in [6.45, 7) is 6.17. The van der Waals surface area contributed by atoms with Gasteiger partial charge in [0.2, 0.25) is 5.91 Å². The number of anilines is 2. The number of benzene rings is 1. The summed E-state index contributed by atoms with van der Waals surface area (Å²) in [5.41, 5.74) is 2.48. The van der Waals surface area contributed by atoms with Crippen LogP contribution >= 0.6 is 23.1 Å². The Morgan fingerprint density at radius 2 is 1.87 bits per heavy atom. The zero-order chi connectivity index (χ0) is 22.4. The predicted molar refractivity (Wildman–Crippen MR) is 125 cm³/mol. The lowest BCUT2D eigenvalue weighted by Gasteiger charge is -2.21. The van der Waals surface area contributed by atoms with Gasteiger partial charge in [-0.2, -0.15) is 0 Å². The normalized spacial score (nSPS) is 10.7. The molecule has 2 heterocycles. The van der Waals surface area contributed by atoms with Gasteiger partial charge in [0.25, 0.3) is 0 Å².